The molecule has 0 spiro atoms. The molecule has 3 rings (SSSR count). The fourth-order valence-electron chi connectivity index (χ4n) is 3.28. The number of β-amino-alcohol motifs (C(OH)–C–C–N with tert-alkyl or cyclic N) is 1. The molecule has 1 saturated carbocycles. The number of amides is 2. The number of hydrogen-bond donors (Lipinski definition) is 1. The van der Waals surface area contributed by atoms with Crippen molar-refractivity contribution in [2.24, 2.45) is 23.7 Å². The molecule has 2 amide bonds. The summed E-state index contributed by atoms with van der Waals surface area (Å²) in [6.45, 7) is 0.0176. The topological polar surface area (TPSA) is 57.6 Å². The molecule has 2 aliphatic carbocycles. The molecule has 4 nitrogen and oxygen atoms in total. The Kier molecular flexibility index (Phi) is 1.77. The zero-order chi connectivity index (χ0) is 10.6. The molecule has 1 aliphatic heterocycles. The van der Waals surface area contributed by atoms with Crippen LogP contribution in [0.4, 0.5) is 0 Å². The number of nitrogens with zero attached hydrogens (tertiary/aromatic N) is 1. The van der Waals surface area contributed by atoms with Crippen molar-refractivity contribution in [2.45, 2.75) is 6.42 Å². The van der Waals surface area contributed by atoms with Gasteiger partial charge in [0.05, 0.1) is 25.0 Å². The molecule has 1 saturated heterocycles. The van der Waals surface area contributed by atoms with Crippen molar-refractivity contribution >= 4 is 11.8 Å². The number of imide groups is 1. The van der Waals surface area contributed by atoms with Crippen molar-refractivity contribution in [3.8, 4) is 0 Å². The van der Waals surface area contributed by atoms with Gasteiger partial charge in [0.25, 0.3) is 0 Å². The minimum atomic E-state index is -0.139. The quantitative estimate of drug-likeness (QED) is 0.503. The van der Waals surface area contributed by atoms with E-state index in [1.165, 1.54) is 4.90 Å². The fourth-order valence-corrected chi connectivity index (χ4v) is 3.28. The number of aliphatic hydroxyl groups is 1. The lowest BCUT2D eigenvalue weighted by atomic mass is 9.85. The van der Waals surface area contributed by atoms with Crippen LogP contribution in [-0.2, 0) is 9.59 Å². The number of allylic oxidation sites excluding steroid dienone is 2. The van der Waals surface area contributed by atoms with Crippen molar-refractivity contribution in [2.75, 3.05) is 13.2 Å². The van der Waals surface area contributed by atoms with Gasteiger partial charge in [0.1, 0.15) is 0 Å². The van der Waals surface area contributed by atoms with Crippen molar-refractivity contribution in [3.05, 3.63) is 12.2 Å². The normalized spacial score (nSPS) is 41.8. The van der Waals surface area contributed by atoms with Crippen LogP contribution in [0.15, 0.2) is 12.2 Å². The fraction of sp³-hybridized carbons (Fsp3) is 0.636. The number of rotatable bonds is 2. The van der Waals surface area contributed by atoms with E-state index in [9.17, 15) is 9.59 Å². The molecule has 3 unspecified atom stereocenters. The maximum atomic E-state index is 11.9. The largest absolute Gasteiger partial charge is 0.395 e. The highest BCUT2D eigenvalue weighted by Gasteiger charge is 2.58. The number of carbonyl (C=O) groups is 2. The second kappa shape index (κ2) is 2.92. The van der Waals surface area contributed by atoms with Gasteiger partial charge in [-0.25, -0.2) is 0 Å². The number of carbonyl (C=O) groups excluding carboxylic acids is 2. The Balaban J connectivity index is 1.93. The van der Waals surface area contributed by atoms with Crippen LogP contribution in [0.3, 0.4) is 0 Å². The van der Waals surface area contributed by atoms with E-state index >= 15 is 0 Å². The van der Waals surface area contributed by atoms with Crippen molar-refractivity contribution in [1.29, 1.82) is 0 Å². The van der Waals surface area contributed by atoms with E-state index in [0.29, 0.717) is 0 Å². The molecule has 3 aliphatic rings. The molecular weight excluding hydrogens is 194 g/mol. The van der Waals surface area contributed by atoms with Gasteiger partial charge in [-0.2, -0.15) is 0 Å². The van der Waals surface area contributed by atoms with Crippen molar-refractivity contribution < 1.29 is 14.7 Å². The van der Waals surface area contributed by atoms with E-state index in [-0.39, 0.29) is 48.6 Å². The summed E-state index contributed by atoms with van der Waals surface area (Å²) in [7, 11) is 0. The van der Waals surface area contributed by atoms with Gasteiger partial charge in [0.15, 0.2) is 0 Å². The molecule has 2 fully saturated rings. The Bertz CT molecular complexity index is 333. The molecule has 1 N–H and O–H groups in total. The maximum absolute atomic E-state index is 11.9. The second-order valence-corrected chi connectivity index (χ2v) is 4.55. The third kappa shape index (κ3) is 1.00. The third-order valence-electron chi connectivity index (χ3n) is 3.89. The molecule has 2 bridgehead atoms. The lowest BCUT2D eigenvalue weighted by molar-refractivity contribution is -0.141. The first kappa shape index (κ1) is 9.09. The van der Waals surface area contributed by atoms with Gasteiger partial charge >= 0.3 is 0 Å². The monoisotopic (exact) mass is 207 g/mol. The van der Waals surface area contributed by atoms with E-state index in [1.807, 2.05) is 0 Å². The van der Waals surface area contributed by atoms with Crippen LogP contribution in [0, 0.1) is 23.7 Å². The van der Waals surface area contributed by atoms with E-state index in [2.05, 4.69) is 12.2 Å². The minimum absolute atomic E-state index is 0.0732. The van der Waals surface area contributed by atoms with Crippen LogP contribution >= 0.6 is 0 Å². The molecule has 0 aromatic rings. The lowest BCUT2D eigenvalue weighted by Crippen LogP contribution is -2.35. The van der Waals surface area contributed by atoms with Crippen molar-refractivity contribution in [1.82, 2.24) is 4.90 Å². The van der Waals surface area contributed by atoms with E-state index in [1.54, 1.807) is 0 Å². The average molecular weight is 207 g/mol. The molecular formula is C11H13NO3. The summed E-state index contributed by atoms with van der Waals surface area (Å²) in [5.41, 5.74) is 0. The molecule has 0 aromatic heterocycles. The van der Waals surface area contributed by atoms with Crippen molar-refractivity contribution in [3.63, 3.8) is 0 Å². The standard InChI is InChI=1S/C11H13NO3/c13-4-3-12-10(14)8-6-1-2-7(5-6)9(8)11(12)15/h1-2,6-9,13H,3-5H2/t6-,7?,8?,9?/m1/s1. The third-order valence-corrected chi connectivity index (χ3v) is 3.89. The highest BCUT2D eigenvalue weighted by Crippen LogP contribution is 2.52. The Morgan fingerprint density at radius 1 is 1.20 bits per heavy atom. The van der Waals surface area contributed by atoms with Crippen LogP contribution in [0.5, 0.6) is 0 Å². The number of hydrogen-bond acceptors (Lipinski definition) is 3. The predicted octanol–water partition coefficient (Wildman–Crippen LogP) is -0.214. The Labute approximate surface area is 87.6 Å². The Morgan fingerprint density at radius 2 is 1.73 bits per heavy atom. The first-order valence-corrected chi connectivity index (χ1v) is 5.38. The number of aliphatic hydroxyl groups excluding tert-OH is 1. The van der Waals surface area contributed by atoms with Crippen LogP contribution in [0.25, 0.3) is 0 Å². The molecule has 4 atom stereocenters. The highest BCUT2D eigenvalue weighted by atomic mass is 16.3. The second-order valence-electron chi connectivity index (χ2n) is 4.55. The predicted molar refractivity (Wildman–Crippen MR) is 51.5 cm³/mol. The minimum Gasteiger partial charge on any atom is -0.395 e. The first-order valence-electron chi connectivity index (χ1n) is 5.38. The van der Waals surface area contributed by atoms with Crippen LogP contribution < -0.4 is 0 Å². The smallest absolute Gasteiger partial charge is 0.233 e. The molecule has 0 radical (unpaired) electrons. The van der Waals surface area contributed by atoms with Crippen LogP contribution in [0.2, 0.25) is 0 Å². The van der Waals surface area contributed by atoms with Gasteiger partial charge in [0.2, 0.25) is 11.8 Å². The molecule has 4 heteroatoms. The Morgan fingerprint density at radius 3 is 2.20 bits per heavy atom. The average Bonchev–Trinajstić information content (AvgIpc) is 2.87. The van der Waals surface area contributed by atoms with Gasteiger partial charge in [-0.05, 0) is 18.3 Å². The summed E-state index contributed by atoms with van der Waals surface area (Å²) < 4.78 is 0. The van der Waals surface area contributed by atoms with Crippen LogP contribution in [-0.4, -0.2) is 35.0 Å². The summed E-state index contributed by atoms with van der Waals surface area (Å²) in [5, 5.41) is 8.81. The summed E-state index contributed by atoms with van der Waals surface area (Å²) in [6, 6.07) is 0. The highest BCUT2D eigenvalue weighted by molar-refractivity contribution is 6.06. The maximum Gasteiger partial charge on any atom is 0.233 e. The van der Waals surface area contributed by atoms with Gasteiger partial charge in [0, 0.05) is 0 Å². The summed E-state index contributed by atoms with van der Waals surface area (Å²) in [6.07, 6.45) is 5.10. The molecule has 15 heavy (non-hydrogen) atoms. The van der Waals surface area contributed by atoms with Gasteiger partial charge in [-0.1, -0.05) is 12.2 Å². The lowest BCUT2D eigenvalue weighted by Gasteiger charge is -2.15. The SMILES string of the molecule is O=C1C2C3C=C[C@H](C3)C2C(=O)N1CCO. The van der Waals surface area contributed by atoms with Crippen LogP contribution in [0.1, 0.15) is 6.42 Å². The van der Waals surface area contributed by atoms with E-state index in [4.69, 9.17) is 5.11 Å². The molecule has 1 heterocycles. The summed E-state index contributed by atoms with van der Waals surface area (Å²) >= 11 is 0. The first-order chi connectivity index (χ1) is 7.24. The Hall–Kier alpha value is -1.16. The molecule has 80 valence electrons. The van der Waals surface area contributed by atoms with Gasteiger partial charge < -0.3 is 5.11 Å². The van der Waals surface area contributed by atoms with Gasteiger partial charge in [-0.15, -0.1) is 0 Å². The summed E-state index contributed by atoms with van der Waals surface area (Å²) in [4.78, 5) is 25.1. The zero-order valence-electron chi connectivity index (χ0n) is 8.30. The zero-order valence-corrected chi connectivity index (χ0v) is 8.30. The van der Waals surface area contributed by atoms with E-state index in [0.717, 1.165) is 6.42 Å². The van der Waals surface area contributed by atoms with E-state index < -0.39 is 0 Å². The summed E-state index contributed by atoms with van der Waals surface area (Å²) in [5.74, 6) is 0.130. The molecule has 0 aromatic carbocycles. The number of likely N-dealkylation sites (tertiary alicyclic amines) is 1. The van der Waals surface area contributed by atoms with Gasteiger partial charge in [-0.3, -0.25) is 14.5 Å². The number of fused-ring (bicyclic) bond motifs is 5.